The number of nitrogens with one attached hydrogen (secondary N) is 1. The van der Waals surface area contributed by atoms with E-state index in [0.717, 1.165) is 16.7 Å². The van der Waals surface area contributed by atoms with E-state index in [1.807, 2.05) is 54.6 Å². The maximum Gasteiger partial charge on any atom is 0.259 e. The number of likely N-dealkylation sites (tertiary alicyclic amines) is 1. The maximum absolute atomic E-state index is 12.8. The van der Waals surface area contributed by atoms with Crippen molar-refractivity contribution >= 4 is 21.8 Å². The topological polar surface area (TPSA) is 83.6 Å². The van der Waals surface area contributed by atoms with Crippen LogP contribution in [0.3, 0.4) is 0 Å². The average Bonchev–Trinajstić information content (AvgIpc) is 2.67. The molecule has 0 aliphatic carbocycles. The summed E-state index contributed by atoms with van der Waals surface area (Å²) in [5.74, 6) is -0.935. The molecule has 0 saturated carbocycles. The van der Waals surface area contributed by atoms with Crippen molar-refractivity contribution in [2.45, 2.75) is 38.6 Å². The van der Waals surface area contributed by atoms with Crippen LogP contribution in [0.5, 0.6) is 0 Å². The molecule has 0 radical (unpaired) electrons. The number of sulfonamides is 1. The second-order valence-electron chi connectivity index (χ2n) is 7.56. The monoisotopic (exact) mass is 414 g/mol. The second kappa shape index (κ2) is 8.37. The highest BCUT2D eigenvalue weighted by Crippen LogP contribution is 2.31. The highest BCUT2D eigenvalue weighted by Gasteiger charge is 2.50. The zero-order chi connectivity index (χ0) is 21.1. The van der Waals surface area contributed by atoms with E-state index in [0.29, 0.717) is 19.4 Å². The molecule has 1 heterocycles. The first kappa shape index (κ1) is 21.0. The van der Waals surface area contributed by atoms with Crippen molar-refractivity contribution in [2.24, 2.45) is 0 Å². The van der Waals surface area contributed by atoms with E-state index in [1.54, 1.807) is 13.8 Å². The van der Waals surface area contributed by atoms with E-state index >= 15 is 0 Å². The van der Waals surface area contributed by atoms with Crippen LogP contribution >= 0.6 is 0 Å². The molecule has 7 heteroatoms. The zero-order valence-corrected chi connectivity index (χ0v) is 17.5. The lowest BCUT2D eigenvalue weighted by molar-refractivity contribution is -0.156. The lowest BCUT2D eigenvalue weighted by atomic mass is 9.85. The van der Waals surface area contributed by atoms with Crippen molar-refractivity contribution in [3.63, 3.8) is 0 Å². The van der Waals surface area contributed by atoms with Crippen LogP contribution in [0.1, 0.15) is 32.3 Å². The van der Waals surface area contributed by atoms with E-state index in [9.17, 15) is 18.0 Å². The largest absolute Gasteiger partial charge is 0.328 e. The van der Waals surface area contributed by atoms with Gasteiger partial charge in [-0.2, -0.15) is 0 Å². The second-order valence-corrected chi connectivity index (χ2v) is 9.40. The molecule has 1 saturated heterocycles. The van der Waals surface area contributed by atoms with Crippen LogP contribution in [0.25, 0.3) is 11.1 Å². The smallest absolute Gasteiger partial charge is 0.259 e. The van der Waals surface area contributed by atoms with Crippen LogP contribution in [0.4, 0.5) is 0 Å². The Kier molecular flexibility index (Phi) is 6.07. The Bertz CT molecular complexity index is 987. The Morgan fingerprint density at radius 3 is 2.21 bits per heavy atom. The molecule has 1 fully saturated rings. The van der Waals surface area contributed by atoms with Crippen molar-refractivity contribution in [1.29, 1.82) is 0 Å². The van der Waals surface area contributed by atoms with Gasteiger partial charge >= 0.3 is 0 Å². The van der Waals surface area contributed by atoms with Crippen molar-refractivity contribution in [1.82, 2.24) is 9.62 Å². The molecule has 0 aromatic heterocycles. The predicted molar refractivity (Wildman–Crippen MR) is 113 cm³/mol. The molecule has 0 spiro atoms. The summed E-state index contributed by atoms with van der Waals surface area (Å²) in [4.78, 5) is 26.7. The van der Waals surface area contributed by atoms with Crippen LogP contribution in [-0.2, 0) is 26.0 Å². The molecule has 1 unspecified atom stereocenters. The summed E-state index contributed by atoms with van der Waals surface area (Å²) in [6.45, 7) is 3.79. The van der Waals surface area contributed by atoms with Gasteiger partial charge in [-0.05, 0) is 36.5 Å². The Morgan fingerprint density at radius 1 is 1.03 bits per heavy atom. The van der Waals surface area contributed by atoms with Gasteiger partial charge in [-0.1, -0.05) is 61.5 Å². The quantitative estimate of drug-likeness (QED) is 0.755. The van der Waals surface area contributed by atoms with Crippen molar-refractivity contribution in [2.75, 3.05) is 12.3 Å². The fourth-order valence-electron chi connectivity index (χ4n) is 3.48. The molecule has 1 aliphatic heterocycles. The van der Waals surface area contributed by atoms with Gasteiger partial charge in [0.05, 0.1) is 12.2 Å². The minimum atomic E-state index is -3.67. The van der Waals surface area contributed by atoms with Crippen LogP contribution < -0.4 is 4.72 Å². The Labute approximate surface area is 172 Å². The van der Waals surface area contributed by atoms with Crippen molar-refractivity contribution < 1.29 is 18.0 Å². The lowest BCUT2D eigenvalue weighted by Crippen LogP contribution is -2.68. The summed E-state index contributed by atoms with van der Waals surface area (Å²) in [6.07, 6.45) is 1.03. The van der Waals surface area contributed by atoms with Crippen LogP contribution in [-0.4, -0.2) is 43.0 Å². The Balaban J connectivity index is 1.65. The van der Waals surface area contributed by atoms with E-state index in [2.05, 4.69) is 4.72 Å². The fraction of sp³-hybridized carbons (Fsp3) is 0.364. The minimum absolute atomic E-state index is 0.115. The SMILES string of the molecule is CCCS(=O)(=O)NC(=O)C1(C)CCN1C(=O)Cc1ccc(-c2ccccc2)cc1. The number of hydrogen-bond donors (Lipinski definition) is 1. The van der Waals surface area contributed by atoms with Crippen LogP contribution in [0, 0.1) is 0 Å². The summed E-state index contributed by atoms with van der Waals surface area (Å²) >= 11 is 0. The van der Waals surface area contributed by atoms with Gasteiger partial charge in [0.1, 0.15) is 5.54 Å². The first-order chi connectivity index (χ1) is 13.7. The van der Waals surface area contributed by atoms with Gasteiger partial charge in [-0.15, -0.1) is 0 Å². The molecule has 2 amide bonds. The number of hydrogen-bond acceptors (Lipinski definition) is 4. The van der Waals surface area contributed by atoms with Crippen molar-refractivity contribution in [3.8, 4) is 11.1 Å². The summed E-state index contributed by atoms with van der Waals surface area (Å²) in [7, 11) is -3.67. The van der Waals surface area contributed by atoms with Gasteiger partial charge in [0, 0.05) is 6.54 Å². The summed E-state index contributed by atoms with van der Waals surface area (Å²) in [5.41, 5.74) is 1.90. The molecule has 2 aromatic carbocycles. The molecule has 6 nitrogen and oxygen atoms in total. The summed E-state index contributed by atoms with van der Waals surface area (Å²) in [5, 5.41) is 0. The standard InChI is InChI=1S/C22H26N2O4S/c1-3-15-29(27,28)23-21(26)22(2)13-14-24(22)20(25)16-17-9-11-19(12-10-17)18-7-5-4-6-8-18/h4-12H,3,13-16H2,1-2H3,(H,23,26). The van der Waals surface area contributed by atoms with Gasteiger partial charge in [-0.3, -0.25) is 14.3 Å². The lowest BCUT2D eigenvalue weighted by Gasteiger charge is -2.49. The highest BCUT2D eigenvalue weighted by molar-refractivity contribution is 7.90. The predicted octanol–water partition coefficient (Wildman–Crippen LogP) is 2.74. The fourth-order valence-corrected chi connectivity index (χ4v) is 4.62. The first-order valence-electron chi connectivity index (χ1n) is 9.75. The Morgan fingerprint density at radius 2 is 1.66 bits per heavy atom. The summed E-state index contributed by atoms with van der Waals surface area (Å²) in [6, 6.07) is 17.7. The molecular weight excluding hydrogens is 388 g/mol. The molecule has 1 N–H and O–H groups in total. The molecule has 0 bridgehead atoms. The molecule has 1 aliphatic rings. The number of amides is 2. The number of carbonyl (C=O) groups is 2. The molecular formula is C22H26N2O4S. The molecule has 2 aromatic rings. The molecule has 3 rings (SSSR count). The third-order valence-electron chi connectivity index (χ3n) is 5.35. The Hall–Kier alpha value is -2.67. The zero-order valence-electron chi connectivity index (χ0n) is 16.7. The average molecular weight is 415 g/mol. The number of carbonyl (C=O) groups excluding carboxylic acids is 2. The van der Waals surface area contributed by atoms with Gasteiger partial charge in [0.15, 0.2) is 0 Å². The normalized spacial score (nSPS) is 18.8. The number of nitrogens with zero attached hydrogens (tertiary/aromatic N) is 1. The van der Waals surface area contributed by atoms with Crippen LogP contribution in [0.2, 0.25) is 0 Å². The van der Waals surface area contributed by atoms with Gasteiger partial charge < -0.3 is 4.90 Å². The van der Waals surface area contributed by atoms with Gasteiger partial charge in [0.25, 0.3) is 5.91 Å². The van der Waals surface area contributed by atoms with E-state index < -0.39 is 21.5 Å². The number of rotatable bonds is 7. The highest BCUT2D eigenvalue weighted by atomic mass is 32.2. The third kappa shape index (κ3) is 4.67. The van der Waals surface area contributed by atoms with Crippen molar-refractivity contribution in [3.05, 3.63) is 60.2 Å². The summed E-state index contributed by atoms with van der Waals surface area (Å²) < 4.78 is 25.9. The molecule has 29 heavy (non-hydrogen) atoms. The van der Waals surface area contributed by atoms with Gasteiger partial charge in [0.2, 0.25) is 15.9 Å². The number of benzene rings is 2. The van der Waals surface area contributed by atoms with Gasteiger partial charge in [-0.25, -0.2) is 8.42 Å². The minimum Gasteiger partial charge on any atom is -0.328 e. The van der Waals surface area contributed by atoms with E-state index in [-0.39, 0.29) is 18.1 Å². The third-order valence-corrected chi connectivity index (χ3v) is 6.79. The molecule has 1 atom stereocenters. The maximum atomic E-state index is 12.8. The van der Waals surface area contributed by atoms with E-state index in [4.69, 9.17) is 0 Å². The van der Waals surface area contributed by atoms with E-state index in [1.165, 1.54) is 4.90 Å². The van der Waals surface area contributed by atoms with Crippen LogP contribution in [0.15, 0.2) is 54.6 Å². The molecule has 154 valence electrons. The first-order valence-corrected chi connectivity index (χ1v) is 11.4.